The van der Waals surface area contributed by atoms with E-state index < -0.39 is 0 Å². The highest BCUT2D eigenvalue weighted by Crippen LogP contribution is 2.50. The molecule has 0 heterocycles. The fraction of sp³-hybridized carbons (Fsp3) is 0.840. The minimum Gasteiger partial charge on any atom is -0.392 e. The fourth-order valence-corrected chi connectivity index (χ4v) is 5.40. The Hall–Kier alpha value is -0.640. The van der Waals surface area contributed by atoms with Crippen molar-refractivity contribution in [2.24, 2.45) is 23.7 Å². The molecule has 0 unspecified atom stereocenters. The first-order valence-electron chi connectivity index (χ1n) is 12.0. The van der Waals surface area contributed by atoms with Gasteiger partial charge in [-0.25, -0.2) is 0 Å². The van der Waals surface area contributed by atoms with Crippen LogP contribution in [0.3, 0.4) is 0 Å². The van der Waals surface area contributed by atoms with E-state index in [9.17, 15) is 10.2 Å². The first-order chi connectivity index (χ1) is 13.6. The van der Waals surface area contributed by atoms with Gasteiger partial charge in [0.25, 0.3) is 0 Å². The van der Waals surface area contributed by atoms with E-state index in [1.807, 2.05) is 6.08 Å². The van der Waals surface area contributed by atoms with Gasteiger partial charge in [-0.15, -0.1) is 0 Å². The zero-order valence-electron chi connectivity index (χ0n) is 18.6. The molecule has 0 spiro atoms. The highest BCUT2D eigenvalue weighted by molar-refractivity contribution is 5.18. The van der Waals surface area contributed by atoms with Crippen molar-refractivity contribution in [3.8, 4) is 0 Å². The maximum Gasteiger partial charge on any atom is 0.0749 e. The van der Waals surface area contributed by atoms with Gasteiger partial charge >= 0.3 is 0 Å². The lowest BCUT2D eigenvalue weighted by Crippen LogP contribution is -2.19. The zero-order chi connectivity index (χ0) is 20.4. The van der Waals surface area contributed by atoms with E-state index in [0.29, 0.717) is 17.8 Å². The Morgan fingerprint density at radius 2 is 1.82 bits per heavy atom. The van der Waals surface area contributed by atoms with Crippen molar-refractivity contribution >= 4 is 0 Å². The molecule has 3 nitrogen and oxygen atoms in total. The summed E-state index contributed by atoms with van der Waals surface area (Å²) in [6.07, 6.45) is 18.1. The van der Waals surface area contributed by atoms with Gasteiger partial charge in [-0.05, 0) is 69.4 Å². The fourth-order valence-electron chi connectivity index (χ4n) is 5.40. The molecule has 5 atom stereocenters. The van der Waals surface area contributed by atoms with Gasteiger partial charge < -0.3 is 15.5 Å². The van der Waals surface area contributed by atoms with Crippen LogP contribution in [-0.2, 0) is 0 Å². The molecule has 28 heavy (non-hydrogen) atoms. The predicted octanol–water partition coefficient (Wildman–Crippen LogP) is 5.23. The molecule has 3 heteroatoms. The van der Waals surface area contributed by atoms with Crippen molar-refractivity contribution in [3.63, 3.8) is 0 Å². The average molecular weight is 392 g/mol. The van der Waals surface area contributed by atoms with Crippen molar-refractivity contribution in [2.45, 2.75) is 97.2 Å². The number of rotatable bonds is 8. The number of allylic oxidation sites excluding steroid dienone is 2. The molecule has 3 N–H and O–H groups in total. The van der Waals surface area contributed by atoms with Crippen molar-refractivity contribution in [3.05, 3.63) is 23.8 Å². The van der Waals surface area contributed by atoms with Crippen LogP contribution in [0, 0.1) is 23.7 Å². The summed E-state index contributed by atoms with van der Waals surface area (Å²) in [5, 5.41) is 23.9. The van der Waals surface area contributed by atoms with Gasteiger partial charge in [-0.1, -0.05) is 70.3 Å². The van der Waals surface area contributed by atoms with Gasteiger partial charge in [0.05, 0.1) is 12.2 Å². The van der Waals surface area contributed by atoms with Crippen LogP contribution in [0.4, 0.5) is 0 Å². The van der Waals surface area contributed by atoms with E-state index in [2.05, 4.69) is 38.2 Å². The monoisotopic (exact) mass is 391 g/mol. The number of hydrogen-bond donors (Lipinski definition) is 3. The number of nitrogens with one attached hydrogen (secondary N) is 1. The van der Waals surface area contributed by atoms with Gasteiger partial charge in [0.15, 0.2) is 0 Å². The van der Waals surface area contributed by atoms with Crippen LogP contribution >= 0.6 is 0 Å². The Labute approximate surface area is 173 Å². The van der Waals surface area contributed by atoms with Gasteiger partial charge in [-0.3, -0.25) is 0 Å². The molecular formula is C25H45NO2. The standard InChI is InChI=1S/C21H34O2.C4H11N/c1-2-3-4-7-15-12-17-14-21(23)18(19(17)13-15)10-11-20(22)16-8-5-6-9-16;1-3-5-4-2/h7,10-11,16-23H,2-6,8-9,12-14H2,1H3;5H,3-4H2,1-2H3/t17-,18+,19-,20+,21+;/m0./s1. The predicted molar refractivity (Wildman–Crippen MR) is 119 cm³/mol. The Balaban J connectivity index is 0.000000500. The molecule has 3 aliphatic carbocycles. The van der Waals surface area contributed by atoms with Crippen molar-refractivity contribution in [1.82, 2.24) is 5.32 Å². The second kappa shape index (κ2) is 12.8. The largest absolute Gasteiger partial charge is 0.392 e. The Morgan fingerprint density at radius 1 is 1.11 bits per heavy atom. The first-order valence-corrected chi connectivity index (χ1v) is 12.0. The third-order valence-corrected chi connectivity index (χ3v) is 7.01. The third kappa shape index (κ3) is 7.00. The van der Waals surface area contributed by atoms with E-state index in [0.717, 1.165) is 32.4 Å². The Kier molecular flexibility index (Phi) is 10.8. The smallest absolute Gasteiger partial charge is 0.0749 e. The Morgan fingerprint density at radius 3 is 2.43 bits per heavy atom. The SMILES string of the molecule is CCCCC=C1C[C@H]2C[C@@H](O)[C@H](C=C[C@@H](O)C3CCCC3)[C@H]2C1.CCNCC. The topological polar surface area (TPSA) is 52.5 Å². The molecule has 0 saturated heterocycles. The molecule has 0 amide bonds. The third-order valence-electron chi connectivity index (χ3n) is 7.01. The van der Waals surface area contributed by atoms with Crippen LogP contribution in [0.5, 0.6) is 0 Å². The highest BCUT2D eigenvalue weighted by Gasteiger charge is 2.45. The summed E-state index contributed by atoms with van der Waals surface area (Å²) >= 11 is 0. The summed E-state index contributed by atoms with van der Waals surface area (Å²) in [4.78, 5) is 0. The normalized spacial score (nSPS) is 32.7. The second-order valence-electron chi connectivity index (χ2n) is 9.09. The molecule has 3 saturated carbocycles. The molecule has 3 aliphatic rings. The van der Waals surface area contributed by atoms with Gasteiger partial charge in [0.2, 0.25) is 0 Å². The minimum absolute atomic E-state index is 0.200. The average Bonchev–Trinajstić information content (AvgIpc) is 3.39. The lowest BCUT2D eigenvalue weighted by molar-refractivity contribution is 0.135. The van der Waals surface area contributed by atoms with Crippen molar-refractivity contribution < 1.29 is 10.2 Å². The molecule has 3 rings (SSSR count). The maximum absolute atomic E-state index is 10.4. The summed E-state index contributed by atoms with van der Waals surface area (Å²) in [5.74, 6) is 1.97. The number of fused-ring (bicyclic) bond motifs is 1. The number of aliphatic hydroxyl groups is 2. The van der Waals surface area contributed by atoms with Crippen molar-refractivity contribution in [2.75, 3.05) is 13.1 Å². The molecule has 0 bridgehead atoms. The van der Waals surface area contributed by atoms with Gasteiger partial charge in [0, 0.05) is 5.92 Å². The van der Waals surface area contributed by atoms with Gasteiger partial charge in [-0.2, -0.15) is 0 Å². The highest BCUT2D eigenvalue weighted by atomic mass is 16.3. The van der Waals surface area contributed by atoms with Crippen LogP contribution in [0.2, 0.25) is 0 Å². The van der Waals surface area contributed by atoms with Crippen molar-refractivity contribution in [1.29, 1.82) is 0 Å². The maximum atomic E-state index is 10.4. The molecule has 162 valence electrons. The molecule has 0 aromatic heterocycles. The van der Waals surface area contributed by atoms with Crippen LogP contribution in [0.1, 0.15) is 85.0 Å². The molecular weight excluding hydrogens is 346 g/mol. The van der Waals surface area contributed by atoms with E-state index in [-0.39, 0.29) is 18.1 Å². The summed E-state index contributed by atoms with van der Waals surface area (Å²) in [6, 6.07) is 0. The number of aliphatic hydroxyl groups excluding tert-OH is 2. The van der Waals surface area contributed by atoms with Crippen LogP contribution in [0.15, 0.2) is 23.8 Å². The van der Waals surface area contributed by atoms with E-state index in [4.69, 9.17) is 0 Å². The number of hydrogen-bond acceptors (Lipinski definition) is 3. The lowest BCUT2D eigenvalue weighted by atomic mass is 9.89. The van der Waals surface area contributed by atoms with E-state index in [1.54, 1.807) is 5.57 Å². The first kappa shape index (κ1) is 23.6. The van der Waals surface area contributed by atoms with Crippen LogP contribution in [0.25, 0.3) is 0 Å². The number of unbranched alkanes of at least 4 members (excludes halogenated alkanes) is 2. The Bertz CT molecular complexity index is 479. The molecule has 3 fully saturated rings. The summed E-state index contributed by atoms with van der Waals surface area (Å²) in [7, 11) is 0. The zero-order valence-corrected chi connectivity index (χ0v) is 18.6. The molecule has 0 aliphatic heterocycles. The summed E-state index contributed by atoms with van der Waals surface area (Å²) < 4.78 is 0. The minimum atomic E-state index is -0.301. The second-order valence-corrected chi connectivity index (χ2v) is 9.09. The lowest BCUT2D eigenvalue weighted by Gasteiger charge is -2.19. The molecule has 0 aromatic rings. The van der Waals surface area contributed by atoms with E-state index in [1.165, 1.54) is 44.9 Å². The molecule has 0 aromatic carbocycles. The summed E-state index contributed by atoms with van der Waals surface area (Å²) in [5.41, 5.74) is 1.62. The summed E-state index contributed by atoms with van der Waals surface area (Å²) in [6.45, 7) is 8.63. The van der Waals surface area contributed by atoms with Gasteiger partial charge in [0.1, 0.15) is 0 Å². The van der Waals surface area contributed by atoms with Crippen LogP contribution in [-0.4, -0.2) is 35.5 Å². The van der Waals surface area contributed by atoms with Crippen LogP contribution < -0.4 is 5.32 Å². The quantitative estimate of drug-likeness (QED) is 0.392. The molecule has 0 radical (unpaired) electrons. The van der Waals surface area contributed by atoms with E-state index >= 15 is 0 Å².